The summed E-state index contributed by atoms with van der Waals surface area (Å²) < 4.78 is 19.9. The molecule has 0 fully saturated rings. The molecule has 1 heterocycles. The Kier molecular flexibility index (Phi) is 6.07. The second-order valence-electron chi connectivity index (χ2n) is 6.98. The molecule has 7 heteroatoms. The summed E-state index contributed by atoms with van der Waals surface area (Å²) in [6.45, 7) is 5.22. The molecule has 150 valence electrons. The normalized spacial score (nSPS) is 10.8. The predicted molar refractivity (Wildman–Crippen MR) is 107 cm³/mol. The molecule has 0 aliphatic rings. The van der Waals surface area contributed by atoms with Crippen LogP contribution in [-0.4, -0.2) is 34.3 Å². The van der Waals surface area contributed by atoms with Gasteiger partial charge < -0.3 is 10.1 Å². The lowest BCUT2D eigenvalue weighted by Crippen LogP contribution is -2.34. The molecule has 0 atom stereocenters. The van der Waals surface area contributed by atoms with Gasteiger partial charge in [-0.1, -0.05) is 29.8 Å². The number of ether oxygens (including phenoxy) is 1. The number of rotatable bonds is 6. The summed E-state index contributed by atoms with van der Waals surface area (Å²) in [4.78, 5) is 24.5. The SMILES string of the molecule is Cc1ccc(-c2nn(-c3ccc(F)cc3)cc2C(=O)OCC(=O)NC(C)C)cc1. The van der Waals surface area contributed by atoms with Gasteiger partial charge in [-0.2, -0.15) is 5.10 Å². The van der Waals surface area contributed by atoms with Crippen LogP contribution in [0, 0.1) is 12.7 Å². The Morgan fingerprint density at radius 3 is 2.38 bits per heavy atom. The molecule has 0 spiro atoms. The average Bonchev–Trinajstić information content (AvgIpc) is 3.12. The van der Waals surface area contributed by atoms with Crippen molar-refractivity contribution in [3.63, 3.8) is 0 Å². The highest BCUT2D eigenvalue weighted by Gasteiger charge is 2.21. The Morgan fingerprint density at radius 1 is 1.10 bits per heavy atom. The summed E-state index contributed by atoms with van der Waals surface area (Å²) in [5.41, 5.74) is 3.03. The van der Waals surface area contributed by atoms with Gasteiger partial charge in [-0.15, -0.1) is 0 Å². The molecule has 0 aliphatic carbocycles. The first-order valence-corrected chi connectivity index (χ1v) is 9.22. The molecular formula is C22H22FN3O3. The van der Waals surface area contributed by atoms with Crippen LogP contribution in [0.25, 0.3) is 16.9 Å². The number of esters is 1. The third-order valence-electron chi connectivity index (χ3n) is 4.13. The Labute approximate surface area is 168 Å². The molecule has 6 nitrogen and oxygen atoms in total. The summed E-state index contributed by atoms with van der Waals surface area (Å²) in [5, 5.41) is 7.17. The molecule has 0 bridgehead atoms. The van der Waals surface area contributed by atoms with E-state index in [1.54, 1.807) is 12.1 Å². The molecule has 0 saturated carbocycles. The molecule has 2 aromatic carbocycles. The van der Waals surface area contributed by atoms with Crippen LogP contribution in [-0.2, 0) is 9.53 Å². The van der Waals surface area contributed by atoms with Gasteiger partial charge in [-0.05, 0) is 45.0 Å². The standard InChI is InChI=1S/C22H22FN3O3/c1-14(2)24-20(27)13-29-22(28)19-12-26(18-10-8-17(23)9-11-18)25-21(19)16-6-4-15(3)5-7-16/h4-12,14H,13H2,1-3H3,(H,24,27). The minimum Gasteiger partial charge on any atom is -0.452 e. The molecule has 0 unspecified atom stereocenters. The average molecular weight is 395 g/mol. The predicted octanol–water partition coefficient (Wildman–Crippen LogP) is 3.67. The zero-order chi connectivity index (χ0) is 21.0. The van der Waals surface area contributed by atoms with E-state index in [0.717, 1.165) is 11.1 Å². The molecule has 0 saturated heterocycles. The highest BCUT2D eigenvalue weighted by atomic mass is 19.1. The molecule has 1 N–H and O–H groups in total. The summed E-state index contributed by atoms with van der Waals surface area (Å²) in [6.07, 6.45) is 1.52. The molecule has 0 radical (unpaired) electrons. The molecule has 0 aliphatic heterocycles. The molecule has 3 rings (SSSR count). The van der Waals surface area contributed by atoms with Crippen molar-refractivity contribution in [1.29, 1.82) is 0 Å². The van der Waals surface area contributed by atoms with Crippen molar-refractivity contribution in [3.05, 3.63) is 71.7 Å². The van der Waals surface area contributed by atoms with Gasteiger partial charge in [-0.3, -0.25) is 4.79 Å². The number of aromatic nitrogens is 2. The van der Waals surface area contributed by atoms with E-state index in [1.807, 2.05) is 45.0 Å². The first-order chi connectivity index (χ1) is 13.8. The lowest BCUT2D eigenvalue weighted by Gasteiger charge is -2.08. The first-order valence-electron chi connectivity index (χ1n) is 9.22. The van der Waals surface area contributed by atoms with Gasteiger partial charge in [0.2, 0.25) is 0 Å². The number of halogens is 1. The lowest BCUT2D eigenvalue weighted by atomic mass is 10.1. The maximum Gasteiger partial charge on any atom is 0.342 e. The second kappa shape index (κ2) is 8.68. The second-order valence-corrected chi connectivity index (χ2v) is 6.98. The Bertz CT molecular complexity index is 1010. The number of benzene rings is 2. The minimum atomic E-state index is -0.659. The monoisotopic (exact) mass is 395 g/mol. The van der Waals surface area contributed by atoms with Crippen LogP contribution in [0.3, 0.4) is 0 Å². The number of aryl methyl sites for hydroxylation is 1. The number of nitrogens with zero attached hydrogens (tertiary/aromatic N) is 2. The minimum absolute atomic E-state index is 0.0504. The zero-order valence-electron chi connectivity index (χ0n) is 16.5. The van der Waals surface area contributed by atoms with Gasteiger partial charge in [0.25, 0.3) is 5.91 Å². The van der Waals surface area contributed by atoms with Gasteiger partial charge in [0.1, 0.15) is 17.1 Å². The summed E-state index contributed by atoms with van der Waals surface area (Å²) >= 11 is 0. The number of hydrogen-bond donors (Lipinski definition) is 1. The summed E-state index contributed by atoms with van der Waals surface area (Å²) in [5.74, 6) is -1.40. The molecule has 1 aromatic heterocycles. The van der Waals surface area contributed by atoms with Crippen molar-refractivity contribution in [2.45, 2.75) is 26.8 Å². The van der Waals surface area contributed by atoms with Crippen LogP contribution in [0.2, 0.25) is 0 Å². The van der Waals surface area contributed by atoms with E-state index in [0.29, 0.717) is 11.4 Å². The summed E-state index contributed by atoms with van der Waals surface area (Å²) in [7, 11) is 0. The fourth-order valence-corrected chi connectivity index (χ4v) is 2.75. The fraction of sp³-hybridized carbons (Fsp3) is 0.227. The van der Waals surface area contributed by atoms with Crippen LogP contribution in [0.4, 0.5) is 4.39 Å². The van der Waals surface area contributed by atoms with Crippen LogP contribution < -0.4 is 5.32 Å². The zero-order valence-corrected chi connectivity index (χ0v) is 16.5. The van der Waals surface area contributed by atoms with Gasteiger partial charge >= 0.3 is 5.97 Å². The number of amides is 1. The van der Waals surface area contributed by atoms with E-state index in [1.165, 1.54) is 23.0 Å². The molecule has 1 amide bonds. The maximum atomic E-state index is 13.2. The van der Waals surface area contributed by atoms with E-state index in [2.05, 4.69) is 10.4 Å². The lowest BCUT2D eigenvalue weighted by molar-refractivity contribution is -0.124. The van der Waals surface area contributed by atoms with E-state index < -0.39 is 5.97 Å². The fourth-order valence-electron chi connectivity index (χ4n) is 2.75. The summed E-state index contributed by atoms with van der Waals surface area (Å²) in [6, 6.07) is 13.2. The van der Waals surface area contributed by atoms with Crippen LogP contribution in [0.5, 0.6) is 0 Å². The highest BCUT2D eigenvalue weighted by Crippen LogP contribution is 2.25. The van der Waals surface area contributed by atoms with Crippen LogP contribution >= 0.6 is 0 Å². The van der Waals surface area contributed by atoms with Crippen LogP contribution in [0.1, 0.15) is 29.8 Å². The van der Waals surface area contributed by atoms with Gasteiger partial charge in [0.15, 0.2) is 6.61 Å². The molecule has 29 heavy (non-hydrogen) atoms. The first kappa shape index (κ1) is 20.3. The maximum absolute atomic E-state index is 13.2. The van der Waals surface area contributed by atoms with Crippen molar-refractivity contribution in [1.82, 2.24) is 15.1 Å². The van der Waals surface area contributed by atoms with Gasteiger partial charge in [0.05, 0.1) is 5.69 Å². The van der Waals surface area contributed by atoms with Gasteiger partial charge in [0, 0.05) is 17.8 Å². The highest BCUT2D eigenvalue weighted by molar-refractivity contribution is 5.97. The topological polar surface area (TPSA) is 73.2 Å². The quantitative estimate of drug-likeness (QED) is 0.647. The van der Waals surface area contributed by atoms with E-state index in [9.17, 15) is 14.0 Å². The third-order valence-corrected chi connectivity index (χ3v) is 4.13. The van der Waals surface area contributed by atoms with E-state index >= 15 is 0 Å². The van der Waals surface area contributed by atoms with Crippen molar-refractivity contribution in [2.24, 2.45) is 0 Å². The number of hydrogen-bond acceptors (Lipinski definition) is 4. The Hall–Kier alpha value is -3.48. The van der Waals surface area contributed by atoms with Crippen LogP contribution in [0.15, 0.2) is 54.7 Å². The van der Waals surface area contributed by atoms with Crippen molar-refractivity contribution in [2.75, 3.05) is 6.61 Å². The largest absolute Gasteiger partial charge is 0.452 e. The number of nitrogens with one attached hydrogen (secondary N) is 1. The van der Waals surface area contributed by atoms with Crippen molar-refractivity contribution < 1.29 is 18.7 Å². The Balaban J connectivity index is 1.93. The Morgan fingerprint density at radius 2 is 1.76 bits per heavy atom. The molecule has 3 aromatic rings. The van der Waals surface area contributed by atoms with Gasteiger partial charge in [-0.25, -0.2) is 13.9 Å². The van der Waals surface area contributed by atoms with Crippen molar-refractivity contribution >= 4 is 11.9 Å². The van der Waals surface area contributed by atoms with E-state index in [-0.39, 0.29) is 29.9 Å². The molecular weight excluding hydrogens is 373 g/mol. The number of carbonyl (C=O) groups excluding carboxylic acids is 2. The smallest absolute Gasteiger partial charge is 0.342 e. The third kappa shape index (κ3) is 5.07. The van der Waals surface area contributed by atoms with Crippen molar-refractivity contribution in [3.8, 4) is 16.9 Å². The van der Waals surface area contributed by atoms with E-state index in [4.69, 9.17) is 4.74 Å². The number of carbonyl (C=O) groups is 2.